The zero-order chi connectivity index (χ0) is 19.3. The molecule has 0 radical (unpaired) electrons. The fourth-order valence-corrected chi connectivity index (χ4v) is 3.50. The SMILES string of the molecule is CCCN(CC(=O)O)CC(=O)Nc1nc(-c2cc(C)c(C)cc2C)cs1. The molecule has 0 aliphatic heterocycles. The summed E-state index contributed by atoms with van der Waals surface area (Å²) in [6.07, 6.45) is 0.786. The lowest BCUT2D eigenvalue weighted by Gasteiger charge is -2.18. The molecule has 0 spiro atoms. The molecule has 1 heterocycles. The fourth-order valence-electron chi connectivity index (χ4n) is 2.77. The molecule has 140 valence electrons. The van der Waals surface area contributed by atoms with Gasteiger partial charge in [0.1, 0.15) is 0 Å². The molecular formula is C19H25N3O3S. The average molecular weight is 375 g/mol. The first-order valence-corrected chi connectivity index (χ1v) is 9.45. The topological polar surface area (TPSA) is 82.5 Å². The second-order valence-electron chi connectivity index (χ2n) is 6.44. The summed E-state index contributed by atoms with van der Waals surface area (Å²) in [5, 5.41) is 14.1. The zero-order valence-corrected chi connectivity index (χ0v) is 16.4. The Morgan fingerprint density at radius 2 is 1.85 bits per heavy atom. The van der Waals surface area contributed by atoms with E-state index < -0.39 is 5.97 Å². The number of thiazole rings is 1. The number of carboxylic acid groups (broad SMARTS) is 1. The van der Waals surface area contributed by atoms with Gasteiger partial charge in [-0.15, -0.1) is 11.3 Å². The molecule has 7 heteroatoms. The minimum absolute atomic E-state index is 0.0394. The number of aromatic nitrogens is 1. The van der Waals surface area contributed by atoms with E-state index in [0.717, 1.165) is 23.2 Å². The lowest BCUT2D eigenvalue weighted by molar-refractivity contribution is -0.138. The van der Waals surface area contributed by atoms with E-state index in [1.54, 1.807) is 4.90 Å². The number of benzene rings is 1. The van der Waals surface area contributed by atoms with Crippen LogP contribution in [-0.2, 0) is 9.59 Å². The highest BCUT2D eigenvalue weighted by molar-refractivity contribution is 7.14. The van der Waals surface area contributed by atoms with Crippen LogP contribution in [0.3, 0.4) is 0 Å². The van der Waals surface area contributed by atoms with Gasteiger partial charge in [0.2, 0.25) is 5.91 Å². The summed E-state index contributed by atoms with van der Waals surface area (Å²) in [6, 6.07) is 4.25. The highest BCUT2D eigenvalue weighted by Crippen LogP contribution is 2.29. The van der Waals surface area contributed by atoms with Crippen molar-refractivity contribution in [1.82, 2.24) is 9.88 Å². The van der Waals surface area contributed by atoms with Gasteiger partial charge < -0.3 is 10.4 Å². The molecule has 2 N–H and O–H groups in total. The molecule has 0 atom stereocenters. The molecule has 1 amide bonds. The van der Waals surface area contributed by atoms with E-state index in [-0.39, 0.29) is 19.0 Å². The van der Waals surface area contributed by atoms with Gasteiger partial charge in [0.05, 0.1) is 18.8 Å². The number of anilines is 1. The Kier molecular flexibility index (Phi) is 6.88. The minimum atomic E-state index is -0.937. The number of hydrogen-bond acceptors (Lipinski definition) is 5. The molecular weight excluding hydrogens is 350 g/mol. The van der Waals surface area contributed by atoms with Crippen LogP contribution in [0.2, 0.25) is 0 Å². The number of carboxylic acids is 1. The van der Waals surface area contributed by atoms with Crippen molar-refractivity contribution in [3.05, 3.63) is 34.2 Å². The number of nitrogens with one attached hydrogen (secondary N) is 1. The molecule has 0 saturated carbocycles. The van der Waals surface area contributed by atoms with E-state index in [1.807, 2.05) is 19.2 Å². The van der Waals surface area contributed by atoms with Crippen LogP contribution >= 0.6 is 11.3 Å². The van der Waals surface area contributed by atoms with Crippen LogP contribution in [-0.4, -0.2) is 46.5 Å². The van der Waals surface area contributed by atoms with Gasteiger partial charge in [-0.1, -0.05) is 13.0 Å². The summed E-state index contributed by atoms with van der Waals surface area (Å²) in [5.74, 6) is -1.19. The first-order valence-electron chi connectivity index (χ1n) is 8.58. The highest BCUT2D eigenvalue weighted by atomic mass is 32.1. The molecule has 0 unspecified atom stereocenters. The number of nitrogens with zero attached hydrogens (tertiary/aromatic N) is 2. The van der Waals surface area contributed by atoms with Gasteiger partial charge in [-0.2, -0.15) is 0 Å². The van der Waals surface area contributed by atoms with Gasteiger partial charge in [0.15, 0.2) is 5.13 Å². The van der Waals surface area contributed by atoms with E-state index in [2.05, 4.69) is 36.3 Å². The van der Waals surface area contributed by atoms with Gasteiger partial charge in [0.25, 0.3) is 0 Å². The van der Waals surface area contributed by atoms with Gasteiger partial charge in [-0.05, 0) is 56.5 Å². The predicted molar refractivity (Wildman–Crippen MR) is 105 cm³/mol. The molecule has 2 aromatic rings. The summed E-state index contributed by atoms with van der Waals surface area (Å²) in [5.41, 5.74) is 5.48. The molecule has 0 aliphatic rings. The molecule has 1 aromatic heterocycles. The smallest absolute Gasteiger partial charge is 0.317 e. The number of carbonyl (C=O) groups excluding carboxylic acids is 1. The third-order valence-corrected chi connectivity index (χ3v) is 4.89. The predicted octanol–water partition coefficient (Wildman–Crippen LogP) is 3.47. The molecule has 0 fully saturated rings. The molecule has 6 nitrogen and oxygen atoms in total. The maximum absolute atomic E-state index is 12.2. The Bertz CT molecular complexity index is 801. The fraction of sp³-hybridized carbons (Fsp3) is 0.421. The van der Waals surface area contributed by atoms with Crippen LogP contribution in [0.15, 0.2) is 17.5 Å². The van der Waals surface area contributed by atoms with Crippen molar-refractivity contribution in [2.75, 3.05) is 25.0 Å². The van der Waals surface area contributed by atoms with Crippen molar-refractivity contribution in [2.45, 2.75) is 34.1 Å². The van der Waals surface area contributed by atoms with Gasteiger partial charge in [-0.3, -0.25) is 14.5 Å². The van der Waals surface area contributed by atoms with Crippen molar-refractivity contribution < 1.29 is 14.7 Å². The maximum atomic E-state index is 12.2. The Balaban J connectivity index is 2.07. The third kappa shape index (κ3) is 5.37. The quantitative estimate of drug-likeness (QED) is 0.738. The van der Waals surface area contributed by atoms with Crippen LogP contribution in [0.4, 0.5) is 5.13 Å². The summed E-state index contributed by atoms with van der Waals surface area (Å²) < 4.78 is 0. The second kappa shape index (κ2) is 8.91. The first kappa shape index (κ1) is 20.1. The number of aliphatic carboxylic acids is 1. The first-order chi connectivity index (χ1) is 12.3. The minimum Gasteiger partial charge on any atom is -0.480 e. The van der Waals surface area contributed by atoms with Gasteiger partial charge >= 0.3 is 5.97 Å². The lowest BCUT2D eigenvalue weighted by Crippen LogP contribution is -2.37. The van der Waals surface area contributed by atoms with Crippen LogP contribution < -0.4 is 5.32 Å². The van der Waals surface area contributed by atoms with Crippen LogP contribution in [0.1, 0.15) is 30.0 Å². The molecule has 2 rings (SSSR count). The zero-order valence-electron chi connectivity index (χ0n) is 15.6. The lowest BCUT2D eigenvalue weighted by atomic mass is 9.99. The van der Waals surface area contributed by atoms with Crippen molar-refractivity contribution in [2.24, 2.45) is 0 Å². The standard InChI is InChI=1S/C19H25N3O3S/c1-5-6-22(10-18(24)25)9-17(23)21-19-20-16(11-26-19)15-8-13(3)12(2)7-14(15)4/h7-8,11H,5-6,9-10H2,1-4H3,(H,24,25)(H,20,21,23). The normalized spacial score (nSPS) is 11.0. The number of amides is 1. The number of rotatable bonds is 8. The molecule has 0 bridgehead atoms. The van der Waals surface area contributed by atoms with Crippen LogP contribution in [0.5, 0.6) is 0 Å². The van der Waals surface area contributed by atoms with E-state index >= 15 is 0 Å². The third-order valence-electron chi connectivity index (χ3n) is 4.13. The maximum Gasteiger partial charge on any atom is 0.317 e. The molecule has 0 saturated heterocycles. The van der Waals surface area contributed by atoms with Crippen LogP contribution in [0, 0.1) is 20.8 Å². The number of aryl methyl sites for hydroxylation is 3. The van der Waals surface area contributed by atoms with Crippen LogP contribution in [0.25, 0.3) is 11.3 Å². The number of carbonyl (C=O) groups is 2. The van der Waals surface area contributed by atoms with Gasteiger partial charge in [0, 0.05) is 10.9 Å². The highest BCUT2D eigenvalue weighted by Gasteiger charge is 2.15. The van der Waals surface area contributed by atoms with E-state index in [1.165, 1.54) is 22.5 Å². The summed E-state index contributed by atoms with van der Waals surface area (Å²) in [7, 11) is 0. The van der Waals surface area contributed by atoms with Crippen molar-refractivity contribution in [1.29, 1.82) is 0 Å². The second-order valence-corrected chi connectivity index (χ2v) is 7.30. The average Bonchev–Trinajstić information content (AvgIpc) is 2.98. The van der Waals surface area contributed by atoms with E-state index in [9.17, 15) is 9.59 Å². The monoisotopic (exact) mass is 375 g/mol. The van der Waals surface area contributed by atoms with E-state index in [4.69, 9.17) is 5.11 Å². The van der Waals surface area contributed by atoms with Crippen molar-refractivity contribution in [3.63, 3.8) is 0 Å². The number of hydrogen-bond donors (Lipinski definition) is 2. The summed E-state index contributed by atoms with van der Waals surface area (Å²) >= 11 is 1.37. The molecule has 1 aromatic carbocycles. The Labute approximate surface area is 157 Å². The Hall–Kier alpha value is -2.25. The molecule has 0 aliphatic carbocycles. The van der Waals surface area contributed by atoms with Crippen molar-refractivity contribution >= 4 is 28.3 Å². The van der Waals surface area contributed by atoms with Crippen molar-refractivity contribution in [3.8, 4) is 11.3 Å². The van der Waals surface area contributed by atoms with E-state index in [0.29, 0.717) is 11.7 Å². The summed E-state index contributed by atoms with van der Waals surface area (Å²) in [6.45, 7) is 8.60. The Morgan fingerprint density at radius 1 is 1.15 bits per heavy atom. The summed E-state index contributed by atoms with van der Waals surface area (Å²) in [4.78, 5) is 29.2. The molecule has 26 heavy (non-hydrogen) atoms. The Morgan fingerprint density at radius 3 is 2.50 bits per heavy atom. The largest absolute Gasteiger partial charge is 0.480 e. The van der Waals surface area contributed by atoms with Gasteiger partial charge in [-0.25, -0.2) is 4.98 Å².